The van der Waals surface area contributed by atoms with Crippen molar-refractivity contribution in [1.29, 1.82) is 0 Å². The van der Waals surface area contributed by atoms with Crippen LogP contribution in [0.3, 0.4) is 0 Å². The average molecular weight is 289 g/mol. The predicted octanol–water partition coefficient (Wildman–Crippen LogP) is 1.15. The molecule has 114 valence electrons. The molecule has 1 saturated heterocycles. The summed E-state index contributed by atoms with van der Waals surface area (Å²) in [6.45, 7) is 3.58. The lowest BCUT2D eigenvalue weighted by molar-refractivity contribution is -0.119. The molecule has 1 heterocycles. The van der Waals surface area contributed by atoms with Crippen LogP contribution in [0, 0.1) is 0 Å². The molecular formula is C16H23N3O2. The molecule has 1 aromatic carbocycles. The number of likely N-dealkylation sites (N-methyl/N-ethyl adjacent to an activating group) is 1. The number of carbonyl (C=O) groups is 2. The number of hydrogen-bond acceptors (Lipinski definition) is 3. The van der Waals surface area contributed by atoms with Crippen LogP contribution < -0.4 is 10.6 Å². The summed E-state index contributed by atoms with van der Waals surface area (Å²) in [5.41, 5.74) is 1.70. The summed E-state index contributed by atoms with van der Waals surface area (Å²) < 4.78 is 0. The lowest BCUT2D eigenvalue weighted by Crippen LogP contribution is -2.46. The van der Waals surface area contributed by atoms with E-state index in [0.29, 0.717) is 18.2 Å². The van der Waals surface area contributed by atoms with Gasteiger partial charge < -0.3 is 15.5 Å². The summed E-state index contributed by atoms with van der Waals surface area (Å²) in [4.78, 5) is 25.3. The first-order chi connectivity index (χ1) is 10.1. The number of likely N-dealkylation sites (tertiary alicyclic amines) is 1. The van der Waals surface area contributed by atoms with Gasteiger partial charge in [-0.2, -0.15) is 0 Å². The molecule has 1 aliphatic rings. The fraction of sp³-hybridized carbons (Fsp3) is 0.500. The number of nitrogens with zero attached hydrogens (tertiary/aromatic N) is 1. The SMILES string of the molecule is CNC1CCCN(C(=O)c2ccc(CNC(C)=O)cc2)C1. The molecule has 1 unspecified atom stereocenters. The van der Waals surface area contributed by atoms with E-state index in [1.54, 1.807) is 0 Å². The first kappa shape index (κ1) is 15.5. The third-order valence-corrected chi connectivity index (χ3v) is 3.86. The summed E-state index contributed by atoms with van der Waals surface area (Å²) in [5, 5.41) is 5.99. The molecule has 5 heteroatoms. The van der Waals surface area contributed by atoms with Crippen LogP contribution in [0.4, 0.5) is 0 Å². The number of hydrogen-bond donors (Lipinski definition) is 2. The van der Waals surface area contributed by atoms with E-state index in [1.165, 1.54) is 6.92 Å². The van der Waals surface area contributed by atoms with Gasteiger partial charge in [0.25, 0.3) is 5.91 Å². The predicted molar refractivity (Wildman–Crippen MR) is 81.9 cm³/mol. The number of amides is 2. The molecule has 2 rings (SSSR count). The number of carbonyl (C=O) groups excluding carboxylic acids is 2. The largest absolute Gasteiger partial charge is 0.352 e. The third kappa shape index (κ3) is 4.29. The Bertz CT molecular complexity index is 499. The van der Waals surface area contributed by atoms with Crippen molar-refractivity contribution >= 4 is 11.8 Å². The Balaban J connectivity index is 1.97. The summed E-state index contributed by atoms with van der Waals surface area (Å²) in [6, 6.07) is 7.85. The summed E-state index contributed by atoms with van der Waals surface area (Å²) in [6.07, 6.45) is 2.16. The number of benzene rings is 1. The molecule has 0 radical (unpaired) electrons. The van der Waals surface area contributed by atoms with Gasteiger partial charge in [-0.05, 0) is 37.6 Å². The van der Waals surface area contributed by atoms with Gasteiger partial charge in [-0.3, -0.25) is 9.59 Å². The minimum atomic E-state index is -0.0541. The fourth-order valence-corrected chi connectivity index (χ4v) is 2.57. The summed E-state index contributed by atoms with van der Waals surface area (Å²) in [7, 11) is 1.94. The Kier molecular flexibility index (Phi) is 5.33. The second kappa shape index (κ2) is 7.22. The van der Waals surface area contributed by atoms with E-state index in [4.69, 9.17) is 0 Å². The van der Waals surface area contributed by atoms with Crippen LogP contribution in [-0.2, 0) is 11.3 Å². The molecule has 21 heavy (non-hydrogen) atoms. The zero-order valence-corrected chi connectivity index (χ0v) is 12.7. The minimum absolute atomic E-state index is 0.0541. The Morgan fingerprint density at radius 3 is 2.62 bits per heavy atom. The summed E-state index contributed by atoms with van der Waals surface area (Å²) in [5.74, 6) is 0.0302. The smallest absolute Gasteiger partial charge is 0.253 e. The molecule has 0 saturated carbocycles. The highest BCUT2D eigenvalue weighted by atomic mass is 16.2. The van der Waals surface area contributed by atoms with E-state index in [1.807, 2.05) is 36.2 Å². The molecule has 0 spiro atoms. The van der Waals surface area contributed by atoms with Crippen molar-refractivity contribution < 1.29 is 9.59 Å². The highest BCUT2D eigenvalue weighted by molar-refractivity contribution is 5.94. The Morgan fingerprint density at radius 2 is 2.00 bits per heavy atom. The van der Waals surface area contributed by atoms with Gasteiger partial charge in [-0.1, -0.05) is 12.1 Å². The molecule has 1 atom stereocenters. The van der Waals surface area contributed by atoms with Gasteiger partial charge in [0.15, 0.2) is 0 Å². The van der Waals surface area contributed by atoms with E-state index < -0.39 is 0 Å². The zero-order valence-electron chi connectivity index (χ0n) is 12.7. The van der Waals surface area contributed by atoms with Crippen molar-refractivity contribution in [2.45, 2.75) is 32.4 Å². The standard InChI is InChI=1S/C16H23N3O2/c1-12(20)18-10-13-5-7-14(8-6-13)16(21)19-9-3-4-15(11-19)17-2/h5-8,15,17H,3-4,9-11H2,1-2H3,(H,18,20). The molecule has 2 amide bonds. The second-order valence-corrected chi connectivity index (χ2v) is 5.49. The first-order valence-corrected chi connectivity index (χ1v) is 7.40. The van der Waals surface area contributed by atoms with Crippen molar-refractivity contribution in [2.24, 2.45) is 0 Å². The summed E-state index contributed by atoms with van der Waals surface area (Å²) >= 11 is 0. The number of piperidine rings is 1. The molecule has 0 aliphatic carbocycles. The Morgan fingerprint density at radius 1 is 1.29 bits per heavy atom. The lowest BCUT2D eigenvalue weighted by atomic mass is 10.0. The van der Waals surface area contributed by atoms with Crippen molar-refractivity contribution in [2.75, 3.05) is 20.1 Å². The second-order valence-electron chi connectivity index (χ2n) is 5.49. The molecule has 2 N–H and O–H groups in total. The first-order valence-electron chi connectivity index (χ1n) is 7.40. The van der Waals surface area contributed by atoms with Crippen LogP contribution >= 0.6 is 0 Å². The maximum atomic E-state index is 12.5. The van der Waals surface area contributed by atoms with Crippen molar-refractivity contribution in [3.8, 4) is 0 Å². The van der Waals surface area contributed by atoms with Crippen molar-refractivity contribution in [1.82, 2.24) is 15.5 Å². The van der Waals surface area contributed by atoms with Crippen LogP contribution in [0.15, 0.2) is 24.3 Å². The molecule has 1 aromatic rings. The van der Waals surface area contributed by atoms with Crippen LogP contribution in [-0.4, -0.2) is 42.9 Å². The maximum absolute atomic E-state index is 12.5. The van der Waals surface area contributed by atoms with E-state index >= 15 is 0 Å². The highest BCUT2D eigenvalue weighted by Crippen LogP contribution is 2.14. The molecule has 1 aliphatic heterocycles. The number of nitrogens with one attached hydrogen (secondary N) is 2. The maximum Gasteiger partial charge on any atom is 0.253 e. The number of rotatable bonds is 4. The molecule has 0 aromatic heterocycles. The van der Waals surface area contributed by atoms with Gasteiger partial charge >= 0.3 is 0 Å². The van der Waals surface area contributed by atoms with Crippen LogP contribution in [0.1, 0.15) is 35.7 Å². The fourth-order valence-electron chi connectivity index (χ4n) is 2.57. The van der Waals surface area contributed by atoms with Gasteiger partial charge in [0.2, 0.25) is 5.91 Å². The van der Waals surface area contributed by atoms with Gasteiger partial charge in [0.05, 0.1) is 0 Å². The highest BCUT2D eigenvalue weighted by Gasteiger charge is 2.23. The molecule has 0 bridgehead atoms. The molecule has 5 nitrogen and oxygen atoms in total. The topological polar surface area (TPSA) is 61.4 Å². The van der Waals surface area contributed by atoms with Crippen LogP contribution in [0.2, 0.25) is 0 Å². The zero-order chi connectivity index (χ0) is 15.2. The van der Waals surface area contributed by atoms with E-state index in [2.05, 4.69) is 10.6 Å². The average Bonchev–Trinajstić information content (AvgIpc) is 2.52. The Hall–Kier alpha value is -1.88. The van der Waals surface area contributed by atoms with Crippen LogP contribution in [0.25, 0.3) is 0 Å². The molecule has 1 fully saturated rings. The van der Waals surface area contributed by atoms with E-state index in [0.717, 1.165) is 31.5 Å². The monoisotopic (exact) mass is 289 g/mol. The van der Waals surface area contributed by atoms with Crippen molar-refractivity contribution in [3.63, 3.8) is 0 Å². The minimum Gasteiger partial charge on any atom is -0.352 e. The third-order valence-electron chi connectivity index (χ3n) is 3.86. The normalized spacial score (nSPS) is 18.4. The Labute approximate surface area is 125 Å². The van der Waals surface area contributed by atoms with E-state index in [-0.39, 0.29) is 11.8 Å². The lowest BCUT2D eigenvalue weighted by Gasteiger charge is -2.32. The van der Waals surface area contributed by atoms with Crippen LogP contribution in [0.5, 0.6) is 0 Å². The van der Waals surface area contributed by atoms with Gasteiger partial charge in [-0.25, -0.2) is 0 Å². The molecular weight excluding hydrogens is 266 g/mol. The van der Waals surface area contributed by atoms with Gasteiger partial charge in [-0.15, -0.1) is 0 Å². The van der Waals surface area contributed by atoms with Crippen molar-refractivity contribution in [3.05, 3.63) is 35.4 Å². The van der Waals surface area contributed by atoms with Gasteiger partial charge in [0, 0.05) is 38.2 Å². The van der Waals surface area contributed by atoms with Gasteiger partial charge in [0.1, 0.15) is 0 Å². The quantitative estimate of drug-likeness (QED) is 0.874. The van der Waals surface area contributed by atoms with E-state index in [9.17, 15) is 9.59 Å².